The van der Waals surface area contributed by atoms with Crippen LogP contribution in [0.1, 0.15) is 42.1 Å². The van der Waals surface area contributed by atoms with E-state index in [-0.39, 0.29) is 5.56 Å². The molecule has 1 aliphatic rings. The normalized spacial score (nSPS) is 14.4. The van der Waals surface area contributed by atoms with Gasteiger partial charge in [0.15, 0.2) is 0 Å². The van der Waals surface area contributed by atoms with Crippen LogP contribution in [0.2, 0.25) is 0 Å². The summed E-state index contributed by atoms with van der Waals surface area (Å²) in [5.74, 6) is 0. The lowest BCUT2D eigenvalue weighted by atomic mass is 9.84. The molecule has 2 aromatic heterocycles. The number of H-pyrrole nitrogens is 1. The van der Waals surface area contributed by atoms with Crippen molar-refractivity contribution in [3.05, 3.63) is 40.7 Å². The number of nitrogen functional groups attached to an aromatic ring is 1. The first kappa shape index (κ1) is 17.5. The molecule has 0 amide bonds. The number of alkyl halides is 3. The second kappa shape index (κ2) is 6.07. The Morgan fingerprint density at radius 3 is 2.56 bits per heavy atom. The summed E-state index contributed by atoms with van der Waals surface area (Å²) < 4.78 is 40.2. The van der Waals surface area contributed by atoms with Gasteiger partial charge in [-0.3, -0.25) is 5.10 Å². The molecule has 3 aromatic rings. The number of halogens is 3. The Hall–Kier alpha value is -2.90. The van der Waals surface area contributed by atoms with Crippen LogP contribution in [0.5, 0.6) is 0 Å². The molecule has 1 aromatic carbocycles. The van der Waals surface area contributed by atoms with E-state index < -0.39 is 11.9 Å². The van der Waals surface area contributed by atoms with Gasteiger partial charge in [0, 0.05) is 22.3 Å². The topological polar surface area (TPSA) is 91.4 Å². The minimum Gasteiger partial charge on any atom is -0.398 e. The molecule has 2 heterocycles. The second-order valence-corrected chi connectivity index (χ2v) is 6.83. The van der Waals surface area contributed by atoms with Gasteiger partial charge in [0.1, 0.15) is 5.69 Å². The Kier molecular flexibility index (Phi) is 3.94. The number of hydrogen-bond donors (Lipinski definition) is 3. The van der Waals surface area contributed by atoms with Gasteiger partial charge in [-0.05, 0) is 55.9 Å². The van der Waals surface area contributed by atoms with Gasteiger partial charge in [0.2, 0.25) is 0 Å². The molecule has 0 fully saturated rings. The van der Waals surface area contributed by atoms with Crippen molar-refractivity contribution in [3.8, 4) is 11.3 Å². The minimum absolute atomic E-state index is 0.0347. The van der Waals surface area contributed by atoms with E-state index in [2.05, 4.69) is 15.2 Å². The number of aromatic amines is 1. The molecule has 0 aliphatic heterocycles. The van der Waals surface area contributed by atoms with Crippen LogP contribution in [0, 0.1) is 5.41 Å². The third-order valence-corrected chi connectivity index (χ3v) is 5.06. The highest BCUT2D eigenvalue weighted by molar-refractivity contribution is 6.13. The SMILES string of the molecule is CC(=N)c1c(N)ccc2nc(-c3cn[nH]c3C(F)(F)F)c3c(c12)CCCC3. The Labute approximate surface area is 153 Å². The third-order valence-electron chi connectivity index (χ3n) is 5.06. The number of anilines is 1. The maximum Gasteiger partial charge on any atom is 0.433 e. The molecule has 0 unspecified atom stereocenters. The molecule has 1 aliphatic carbocycles. The number of benzene rings is 1. The molecular formula is C19H18F3N5. The van der Waals surface area contributed by atoms with Gasteiger partial charge < -0.3 is 11.1 Å². The quantitative estimate of drug-likeness (QED) is 0.456. The van der Waals surface area contributed by atoms with E-state index in [1.54, 1.807) is 19.1 Å². The van der Waals surface area contributed by atoms with Crippen LogP contribution >= 0.6 is 0 Å². The fourth-order valence-corrected chi connectivity index (χ4v) is 3.95. The maximum absolute atomic E-state index is 13.4. The summed E-state index contributed by atoms with van der Waals surface area (Å²) in [5, 5.41) is 14.6. The standard InChI is InChI=1S/C19H18F3N5/c1-9(23)15-13(24)6-7-14-16(15)10-4-2-3-5-11(10)17(26-14)12-8-25-27-18(12)19(20,21)22/h6-8,23H,2-5,24H2,1H3,(H,25,27). The zero-order valence-corrected chi connectivity index (χ0v) is 14.7. The number of hydrogen-bond acceptors (Lipinski definition) is 4. The van der Waals surface area contributed by atoms with Crippen molar-refractivity contribution >= 4 is 22.3 Å². The average molecular weight is 373 g/mol. The number of aryl methyl sites for hydroxylation is 1. The fourth-order valence-electron chi connectivity index (χ4n) is 3.95. The van der Waals surface area contributed by atoms with Crippen LogP contribution in [-0.2, 0) is 19.0 Å². The molecule has 0 saturated carbocycles. The lowest BCUT2D eigenvalue weighted by Crippen LogP contribution is -2.13. The molecule has 4 rings (SSSR count). The van der Waals surface area contributed by atoms with E-state index in [9.17, 15) is 13.2 Å². The molecule has 0 radical (unpaired) electrons. The predicted molar refractivity (Wildman–Crippen MR) is 97.9 cm³/mol. The maximum atomic E-state index is 13.4. The van der Waals surface area contributed by atoms with E-state index in [0.29, 0.717) is 34.6 Å². The highest BCUT2D eigenvalue weighted by atomic mass is 19.4. The average Bonchev–Trinajstić information content (AvgIpc) is 3.10. The van der Waals surface area contributed by atoms with Crippen molar-refractivity contribution in [2.24, 2.45) is 0 Å². The fraction of sp³-hybridized carbons (Fsp3) is 0.316. The van der Waals surface area contributed by atoms with Gasteiger partial charge in [0.25, 0.3) is 0 Å². The summed E-state index contributed by atoms with van der Waals surface area (Å²) in [7, 11) is 0. The minimum atomic E-state index is -4.54. The van der Waals surface area contributed by atoms with Gasteiger partial charge in [-0.15, -0.1) is 0 Å². The molecule has 8 heteroatoms. The number of nitrogens with zero attached hydrogens (tertiary/aromatic N) is 2. The van der Waals surface area contributed by atoms with Crippen LogP contribution in [-0.4, -0.2) is 20.9 Å². The van der Waals surface area contributed by atoms with Crippen molar-refractivity contribution in [3.63, 3.8) is 0 Å². The Balaban J connectivity index is 2.10. The van der Waals surface area contributed by atoms with Crippen molar-refractivity contribution in [2.45, 2.75) is 38.8 Å². The highest BCUT2D eigenvalue weighted by Crippen LogP contribution is 2.41. The Morgan fingerprint density at radius 2 is 1.89 bits per heavy atom. The van der Waals surface area contributed by atoms with E-state index in [4.69, 9.17) is 11.1 Å². The van der Waals surface area contributed by atoms with Crippen LogP contribution in [0.3, 0.4) is 0 Å². The highest BCUT2D eigenvalue weighted by Gasteiger charge is 2.37. The van der Waals surface area contributed by atoms with Gasteiger partial charge in [-0.1, -0.05) is 0 Å². The first-order valence-electron chi connectivity index (χ1n) is 8.69. The molecule has 5 nitrogen and oxygen atoms in total. The third kappa shape index (κ3) is 2.75. The van der Waals surface area contributed by atoms with E-state index >= 15 is 0 Å². The summed E-state index contributed by atoms with van der Waals surface area (Å²) in [6.07, 6.45) is -0.165. The van der Waals surface area contributed by atoms with Crippen LogP contribution in [0.25, 0.3) is 22.2 Å². The van der Waals surface area contributed by atoms with Gasteiger partial charge in [0.05, 0.1) is 23.0 Å². The summed E-state index contributed by atoms with van der Waals surface area (Å²) in [6, 6.07) is 3.37. The zero-order valence-electron chi connectivity index (χ0n) is 14.7. The van der Waals surface area contributed by atoms with E-state index in [0.717, 1.165) is 35.8 Å². The largest absolute Gasteiger partial charge is 0.433 e. The van der Waals surface area contributed by atoms with Crippen LogP contribution in [0.15, 0.2) is 18.3 Å². The van der Waals surface area contributed by atoms with Crippen LogP contribution < -0.4 is 5.73 Å². The number of nitrogens with two attached hydrogens (primary N) is 1. The zero-order chi connectivity index (χ0) is 19.3. The molecule has 0 saturated heterocycles. The van der Waals surface area contributed by atoms with E-state index in [1.165, 1.54) is 6.20 Å². The van der Waals surface area contributed by atoms with Crippen molar-refractivity contribution in [1.29, 1.82) is 5.41 Å². The lowest BCUT2D eigenvalue weighted by Gasteiger charge is -2.23. The van der Waals surface area contributed by atoms with Gasteiger partial charge in [-0.2, -0.15) is 18.3 Å². The van der Waals surface area contributed by atoms with Crippen molar-refractivity contribution in [2.75, 3.05) is 5.73 Å². The number of pyridine rings is 1. The number of fused-ring (bicyclic) bond motifs is 3. The summed E-state index contributed by atoms with van der Waals surface area (Å²) in [6.45, 7) is 1.66. The smallest absolute Gasteiger partial charge is 0.398 e. The van der Waals surface area contributed by atoms with Crippen LogP contribution in [0.4, 0.5) is 18.9 Å². The summed E-state index contributed by atoms with van der Waals surface area (Å²) >= 11 is 0. The summed E-state index contributed by atoms with van der Waals surface area (Å²) in [4.78, 5) is 4.58. The second-order valence-electron chi connectivity index (χ2n) is 6.83. The van der Waals surface area contributed by atoms with E-state index in [1.807, 2.05) is 0 Å². The number of nitrogens with one attached hydrogen (secondary N) is 2. The number of aromatic nitrogens is 3. The molecule has 0 bridgehead atoms. The molecular weight excluding hydrogens is 355 g/mol. The van der Waals surface area contributed by atoms with Gasteiger partial charge in [-0.25, -0.2) is 4.98 Å². The molecule has 4 N–H and O–H groups in total. The molecule has 140 valence electrons. The van der Waals surface area contributed by atoms with Crippen molar-refractivity contribution < 1.29 is 13.2 Å². The molecule has 0 atom stereocenters. The Bertz CT molecular complexity index is 1070. The summed E-state index contributed by atoms with van der Waals surface area (Å²) in [5.41, 5.74) is 9.22. The Morgan fingerprint density at radius 1 is 1.19 bits per heavy atom. The first-order valence-corrected chi connectivity index (χ1v) is 8.69. The van der Waals surface area contributed by atoms with Crippen molar-refractivity contribution in [1.82, 2.24) is 15.2 Å². The van der Waals surface area contributed by atoms with Gasteiger partial charge >= 0.3 is 6.18 Å². The molecule has 0 spiro atoms. The number of rotatable bonds is 2. The lowest BCUT2D eigenvalue weighted by molar-refractivity contribution is -0.140. The molecule has 27 heavy (non-hydrogen) atoms. The monoisotopic (exact) mass is 373 g/mol. The predicted octanol–water partition coefficient (Wildman–Crippen LogP) is 4.49. The first-order chi connectivity index (χ1) is 12.8.